The molecule has 2 aliphatic rings. The van der Waals surface area contributed by atoms with Gasteiger partial charge in [-0.1, -0.05) is 48.5 Å². The lowest BCUT2D eigenvalue weighted by Gasteiger charge is -2.13. The van der Waals surface area contributed by atoms with Crippen LogP contribution in [0.2, 0.25) is 0 Å². The number of fused-ring (bicyclic) bond motifs is 16. The summed E-state index contributed by atoms with van der Waals surface area (Å²) in [5.74, 6) is 0. The molecule has 0 bridgehead atoms. The van der Waals surface area contributed by atoms with Crippen molar-refractivity contribution in [2.75, 3.05) is 0 Å². The summed E-state index contributed by atoms with van der Waals surface area (Å²) in [6, 6.07) is 22.3. The van der Waals surface area contributed by atoms with Crippen molar-refractivity contribution in [2.45, 2.75) is 12.8 Å². The van der Waals surface area contributed by atoms with E-state index in [9.17, 15) is 0 Å². The SMILES string of the molecule is c1ccc2c(c1)Cc1c-2ccc2c1-c1ccc3c4ccncc4n4c5ccncc5nc4c3c1C2. The fraction of sp³-hybridized carbons (Fsp3) is 0.0645. The molecule has 3 aromatic carbocycles. The van der Waals surface area contributed by atoms with Gasteiger partial charge in [0.05, 0.1) is 23.4 Å². The highest BCUT2D eigenvalue weighted by Gasteiger charge is 2.30. The van der Waals surface area contributed by atoms with Crippen molar-refractivity contribution in [3.8, 4) is 22.3 Å². The minimum atomic E-state index is 0.912. The lowest BCUT2D eigenvalue weighted by molar-refractivity contribution is 1.23. The van der Waals surface area contributed by atoms with Crippen molar-refractivity contribution in [2.24, 2.45) is 0 Å². The van der Waals surface area contributed by atoms with E-state index in [1.54, 1.807) is 0 Å². The van der Waals surface area contributed by atoms with Crippen LogP contribution >= 0.6 is 0 Å². The Morgan fingerprint density at radius 1 is 0.629 bits per heavy atom. The normalized spacial score (nSPS) is 13.5. The first-order valence-electron chi connectivity index (χ1n) is 12.0. The molecule has 0 radical (unpaired) electrons. The van der Waals surface area contributed by atoms with E-state index in [0.29, 0.717) is 0 Å². The zero-order valence-corrected chi connectivity index (χ0v) is 18.8. The van der Waals surface area contributed by atoms with Crippen LogP contribution in [-0.4, -0.2) is 19.4 Å². The van der Waals surface area contributed by atoms with Gasteiger partial charge in [0.25, 0.3) is 0 Å². The van der Waals surface area contributed by atoms with Gasteiger partial charge in [-0.2, -0.15) is 0 Å². The van der Waals surface area contributed by atoms with Gasteiger partial charge in [0.15, 0.2) is 0 Å². The van der Waals surface area contributed by atoms with Crippen LogP contribution in [0, 0.1) is 0 Å². The highest BCUT2D eigenvalue weighted by Crippen LogP contribution is 2.50. The molecular formula is C31H18N4. The average Bonchev–Trinajstić information content (AvgIpc) is 3.59. The molecule has 0 fully saturated rings. The van der Waals surface area contributed by atoms with Gasteiger partial charge in [0.2, 0.25) is 0 Å². The molecule has 7 aromatic rings. The minimum absolute atomic E-state index is 0.912. The van der Waals surface area contributed by atoms with Gasteiger partial charge in [-0.15, -0.1) is 0 Å². The second-order valence-corrected chi connectivity index (χ2v) is 9.68. The molecule has 4 aromatic heterocycles. The van der Waals surface area contributed by atoms with Crippen molar-refractivity contribution in [1.82, 2.24) is 19.4 Å². The number of benzene rings is 3. The summed E-state index contributed by atoms with van der Waals surface area (Å²) in [4.78, 5) is 13.9. The summed E-state index contributed by atoms with van der Waals surface area (Å²) in [7, 11) is 0. The summed E-state index contributed by atoms with van der Waals surface area (Å²) >= 11 is 0. The number of nitrogens with zero attached hydrogens (tertiary/aromatic N) is 4. The Balaban J connectivity index is 1.44. The Bertz CT molecular complexity index is 2070. The predicted octanol–water partition coefficient (Wildman–Crippen LogP) is 6.73. The van der Waals surface area contributed by atoms with Crippen LogP contribution in [0.15, 0.2) is 85.5 Å². The van der Waals surface area contributed by atoms with E-state index < -0.39 is 0 Å². The summed E-state index contributed by atoms with van der Waals surface area (Å²) in [6.07, 6.45) is 9.48. The first-order chi connectivity index (χ1) is 17.4. The molecule has 0 N–H and O–H groups in total. The van der Waals surface area contributed by atoms with E-state index in [1.165, 1.54) is 60.7 Å². The van der Waals surface area contributed by atoms with Crippen LogP contribution in [0.25, 0.3) is 60.6 Å². The van der Waals surface area contributed by atoms with E-state index in [4.69, 9.17) is 4.98 Å². The third-order valence-electron chi connectivity index (χ3n) is 8.03. The lowest BCUT2D eigenvalue weighted by atomic mass is 9.94. The molecule has 4 heteroatoms. The van der Waals surface area contributed by atoms with Crippen molar-refractivity contribution >= 4 is 38.4 Å². The number of aromatic nitrogens is 4. The van der Waals surface area contributed by atoms with Crippen molar-refractivity contribution in [3.05, 3.63) is 108 Å². The Labute approximate surface area is 200 Å². The van der Waals surface area contributed by atoms with Gasteiger partial charge in [0.1, 0.15) is 11.2 Å². The zero-order chi connectivity index (χ0) is 22.7. The van der Waals surface area contributed by atoms with Crippen LogP contribution in [0.3, 0.4) is 0 Å². The monoisotopic (exact) mass is 446 g/mol. The Kier molecular flexibility index (Phi) is 3.11. The summed E-state index contributed by atoms with van der Waals surface area (Å²) < 4.78 is 2.27. The molecule has 0 aliphatic heterocycles. The molecule has 0 saturated carbocycles. The first-order valence-corrected chi connectivity index (χ1v) is 12.0. The molecule has 0 unspecified atom stereocenters. The maximum absolute atomic E-state index is 5.11. The number of pyridine rings is 3. The average molecular weight is 447 g/mol. The Hall–Kier alpha value is -4.57. The van der Waals surface area contributed by atoms with Crippen LogP contribution in [-0.2, 0) is 12.8 Å². The lowest BCUT2D eigenvalue weighted by Crippen LogP contribution is -1.95. The van der Waals surface area contributed by atoms with Gasteiger partial charge in [-0.25, -0.2) is 4.98 Å². The quantitative estimate of drug-likeness (QED) is 0.243. The van der Waals surface area contributed by atoms with Gasteiger partial charge in [0, 0.05) is 23.2 Å². The predicted molar refractivity (Wildman–Crippen MR) is 140 cm³/mol. The standard InChI is InChI=1S/C31H18N4/c1-2-4-19-17(3-1)13-24-20(19)6-5-18-14-25-23(29(18)24)8-7-22-21-9-11-33-16-28(21)35-27-10-12-32-15-26(27)34-31(35)30(22)25/h1-12,15-16H,13-14H2. The smallest absolute Gasteiger partial charge is 0.146 e. The molecule has 35 heavy (non-hydrogen) atoms. The van der Waals surface area contributed by atoms with Gasteiger partial charge >= 0.3 is 0 Å². The fourth-order valence-corrected chi connectivity index (χ4v) is 6.61. The molecule has 0 amide bonds. The van der Waals surface area contributed by atoms with E-state index in [-0.39, 0.29) is 0 Å². The molecule has 4 nitrogen and oxygen atoms in total. The van der Waals surface area contributed by atoms with Crippen molar-refractivity contribution in [3.63, 3.8) is 0 Å². The number of hydrogen-bond acceptors (Lipinski definition) is 3. The largest absolute Gasteiger partial charge is 0.290 e. The third-order valence-corrected chi connectivity index (χ3v) is 8.03. The molecule has 0 spiro atoms. The molecular weight excluding hydrogens is 428 g/mol. The highest BCUT2D eigenvalue weighted by atomic mass is 15.0. The van der Waals surface area contributed by atoms with E-state index in [2.05, 4.69) is 75.0 Å². The minimum Gasteiger partial charge on any atom is -0.290 e. The summed E-state index contributed by atoms with van der Waals surface area (Å²) in [6.45, 7) is 0. The third kappa shape index (κ3) is 2.11. The molecule has 4 heterocycles. The van der Waals surface area contributed by atoms with Crippen LogP contribution in [0.1, 0.15) is 22.3 Å². The maximum atomic E-state index is 5.11. The fourth-order valence-electron chi connectivity index (χ4n) is 6.61. The first kappa shape index (κ1) is 17.8. The topological polar surface area (TPSA) is 43.1 Å². The molecule has 0 saturated heterocycles. The number of hydrogen-bond donors (Lipinski definition) is 0. The molecule has 162 valence electrons. The van der Waals surface area contributed by atoms with Gasteiger partial charge in [-0.05, 0) is 74.9 Å². The van der Waals surface area contributed by atoms with Crippen molar-refractivity contribution in [1.29, 1.82) is 0 Å². The van der Waals surface area contributed by atoms with E-state index in [0.717, 1.165) is 35.0 Å². The second kappa shape index (κ2) is 6.10. The van der Waals surface area contributed by atoms with Gasteiger partial charge < -0.3 is 0 Å². The van der Waals surface area contributed by atoms with E-state index >= 15 is 0 Å². The van der Waals surface area contributed by atoms with Crippen LogP contribution < -0.4 is 0 Å². The second-order valence-electron chi connectivity index (χ2n) is 9.68. The zero-order valence-electron chi connectivity index (χ0n) is 18.8. The maximum Gasteiger partial charge on any atom is 0.146 e. The van der Waals surface area contributed by atoms with Crippen molar-refractivity contribution < 1.29 is 0 Å². The van der Waals surface area contributed by atoms with E-state index in [1.807, 2.05) is 24.8 Å². The molecule has 2 aliphatic carbocycles. The summed E-state index contributed by atoms with van der Waals surface area (Å²) in [5.41, 5.74) is 15.3. The summed E-state index contributed by atoms with van der Waals surface area (Å²) in [5, 5.41) is 3.69. The molecule has 9 rings (SSSR count). The van der Waals surface area contributed by atoms with Crippen LogP contribution in [0.4, 0.5) is 0 Å². The van der Waals surface area contributed by atoms with Gasteiger partial charge in [-0.3, -0.25) is 14.4 Å². The Morgan fingerprint density at radius 2 is 1.49 bits per heavy atom. The Morgan fingerprint density at radius 3 is 2.49 bits per heavy atom. The highest BCUT2D eigenvalue weighted by molar-refractivity contribution is 6.17. The number of rotatable bonds is 0. The molecule has 0 atom stereocenters. The number of imidazole rings is 1. The van der Waals surface area contributed by atoms with Crippen LogP contribution in [0.5, 0.6) is 0 Å².